The highest BCUT2D eigenvalue weighted by Gasteiger charge is 2.57. The van der Waals surface area contributed by atoms with Gasteiger partial charge in [-0.15, -0.1) is 0 Å². The Balaban J connectivity index is 1.62. The number of hydrogen-bond acceptors (Lipinski definition) is 3. The van der Waals surface area contributed by atoms with Gasteiger partial charge in [0.1, 0.15) is 12.1 Å². The van der Waals surface area contributed by atoms with Crippen LogP contribution in [-0.4, -0.2) is 17.9 Å². The van der Waals surface area contributed by atoms with Crippen LogP contribution in [0.25, 0.3) is 0 Å². The molecule has 0 spiro atoms. The van der Waals surface area contributed by atoms with Crippen LogP contribution >= 0.6 is 0 Å². The SMILES string of the molecule is O=CCCC12CC[C@H]3[C@@H](CCC4=CC(=O)CC[C@@H]43)[C@@H]1CCC2=O. The van der Waals surface area contributed by atoms with Gasteiger partial charge < -0.3 is 4.79 Å². The highest BCUT2D eigenvalue weighted by atomic mass is 16.1. The Morgan fingerprint density at radius 3 is 2.74 bits per heavy atom. The van der Waals surface area contributed by atoms with Crippen molar-refractivity contribution in [3.05, 3.63) is 11.6 Å². The van der Waals surface area contributed by atoms with E-state index in [-0.39, 0.29) is 5.41 Å². The summed E-state index contributed by atoms with van der Waals surface area (Å²) in [6, 6.07) is 0. The van der Waals surface area contributed by atoms with E-state index < -0.39 is 0 Å². The molecule has 0 amide bonds. The van der Waals surface area contributed by atoms with E-state index in [1.54, 1.807) is 0 Å². The number of carbonyl (C=O) groups is 3. The Bertz CT molecular complexity index is 575. The third-order valence-electron chi connectivity index (χ3n) is 7.45. The molecule has 3 heteroatoms. The molecule has 23 heavy (non-hydrogen) atoms. The van der Waals surface area contributed by atoms with E-state index in [9.17, 15) is 14.4 Å². The molecule has 4 aliphatic rings. The van der Waals surface area contributed by atoms with Crippen molar-refractivity contribution < 1.29 is 14.4 Å². The molecule has 3 nitrogen and oxygen atoms in total. The van der Waals surface area contributed by atoms with Gasteiger partial charge in [-0.1, -0.05) is 5.57 Å². The Morgan fingerprint density at radius 1 is 1.04 bits per heavy atom. The Kier molecular flexibility index (Phi) is 3.78. The molecule has 4 rings (SSSR count). The minimum Gasteiger partial charge on any atom is -0.303 e. The van der Waals surface area contributed by atoms with E-state index in [0.717, 1.165) is 57.7 Å². The first-order valence-corrected chi connectivity index (χ1v) is 9.36. The molecule has 0 radical (unpaired) electrons. The van der Waals surface area contributed by atoms with Crippen molar-refractivity contribution in [3.63, 3.8) is 0 Å². The van der Waals surface area contributed by atoms with Gasteiger partial charge in [0.25, 0.3) is 0 Å². The number of Topliss-reactive ketones (excluding diaryl/α,β-unsaturated/α-hetero) is 1. The summed E-state index contributed by atoms with van der Waals surface area (Å²) >= 11 is 0. The van der Waals surface area contributed by atoms with Gasteiger partial charge in [-0.25, -0.2) is 0 Å². The van der Waals surface area contributed by atoms with Crippen LogP contribution in [-0.2, 0) is 14.4 Å². The van der Waals surface area contributed by atoms with Crippen LogP contribution in [0.3, 0.4) is 0 Å². The minimum atomic E-state index is -0.187. The lowest BCUT2D eigenvalue weighted by Crippen LogP contribution is -2.48. The Hall–Kier alpha value is -1.25. The molecule has 0 heterocycles. The lowest BCUT2D eigenvalue weighted by molar-refractivity contribution is -0.133. The minimum absolute atomic E-state index is 0.187. The maximum atomic E-state index is 12.7. The van der Waals surface area contributed by atoms with Crippen molar-refractivity contribution >= 4 is 17.9 Å². The first-order valence-electron chi connectivity index (χ1n) is 9.36. The summed E-state index contributed by atoms with van der Waals surface area (Å²) in [5.41, 5.74) is 1.21. The number of fused-ring (bicyclic) bond motifs is 5. The Labute approximate surface area is 137 Å². The van der Waals surface area contributed by atoms with Crippen molar-refractivity contribution in [1.29, 1.82) is 0 Å². The zero-order valence-electron chi connectivity index (χ0n) is 13.8. The molecule has 4 aliphatic carbocycles. The molecule has 1 unspecified atom stereocenters. The third kappa shape index (κ3) is 2.27. The molecule has 0 saturated heterocycles. The summed E-state index contributed by atoms with van der Waals surface area (Å²) in [4.78, 5) is 35.3. The highest BCUT2D eigenvalue weighted by Crippen LogP contribution is 2.62. The number of rotatable bonds is 3. The summed E-state index contributed by atoms with van der Waals surface area (Å²) < 4.78 is 0. The maximum Gasteiger partial charge on any atom is 0.155 e. The number of ketones is 2. The molecule has 0 bridgehead atoms. The average Bonchev–Trinajstić information content (AvgIpc) is 2.89. The highest BCUT2D eigenvalue weighted by molar-refractivity contribution is 5.91. The van der Waals surface area contributed by atoms with Crippen LogP contribution < -0.4 is 0 Å². The van der Waals surface area contributed by atoms with Gasteiger partial charge in [-0.3, -0.25) is 9.59 Å². The quantitative estimate of drug-likeness (QED) is 0.747. The summed E-state index contributed by atoms with van der Waals surface area (Å²) in [5.74, 6) is 3.13. The standard InChI is InChI=1S/C20H26O3/c21-11-1-9-20-10-8-16-15-5-3-14(22)12-13(15)2-4-17(16)18(20)6-7-19(20)23/h11-12,15-18H,1-10H2/t15-,16+,17+,18-,20?/m0/s1. The monoisotopic (exact) mass is 314 g/mol. The number of carbonyl (C=O) groups excluding carboxylic acids is 3. The van der Waals surface area contributed by atoms with E-state index in [1.165, 1.54) is 5.57 Å². The lowest BCUT2D eigenvalue weighted by Gasteiger charge is -2.53. The largest absolute Gasteiger partial charge is 0.303 e. The second kappa shape index (κ2) is 5.68. The van der Waals surface area contributed by atoms with E-state index in [2.05, 4.69) is 0 Å². The van der Waals surface area contributed by atoms with Crippen LogP contribution in [0.1, 0.15) is 64.2 Å². The fourth-order valence-corrected chi connectivity index (χ4v) is 6.53. The van der Waals surface area contributed by atoms with Crippen LogP contribution in [0.2, 0.25) is 0 Å². The summed E-state index contributed by atoms with van der Waals surface area (Å²) in [7, 11) is 0. The Morgan fingerprint density at radius 2 is 1.91 bits per heavy atom. The molecule has 124 valence electrons. The van der Waals surface area contributed by atoms with Gasteiger partial charge in [-0.2, -0.15) is 0 Å². The molecule has 0 aromatic heterocycles. The molecule has 0 N–H and O–H groups in total. The van der Waals surface area contributed by atoms with Crippen LogP contribution in [0.4, 0.5) is 0 Å². The summed E-state index contributed by atoms with van der Waals surface area (Å²) in [6.45, 7) is 0. The predicted molar refractivity (Wildman–Crippen MR) is 86.7 cm³/mol. The van der Waals surface area contributed by atoms with Crippen molar-refractivity contribution in [2.24, 2.45) is 29.1 Å². The predicted octanol–water partition coefficient (Wildman–Crippen LogP) is 3.66. The molecule has 5 atom stereocenters. The van der Waals surface area contributed by atoms with Crippen molar-refractivity contribution in [2.45, 2.75) is 64.2 Å². The number of allylic oxidation sites excluding steroid dienone is 1. The van der Waals surface area contributed by atoms with Crippen LogP contribution in [0, 0.1) is 29.1 Å². The van der Waals surface area contributed by atoms with Gasteiger partial charge in [0.15, 0.2) is 5.78 Å². The number of aldehydes is 1. The zero-order chi connectivity index (χ0) is 16.0. The molecule has 0 aromatic carbocycles. The second-order valence-corrected chi connectivity index (χ2v) is 8.17. The maximum absolute atomic E-state index is 12.7. The van der Waals surface area contributed by atoms with E-state index in [0.29, 0.717) is 48.1 Å². The van der Waals surface area contributed by atoms with Crippen molar-refractivity contribution in [2.75, 3.05) is 0 Å². The first-order chi connectivity index (χ1) is 11.2. The topological polar surface area (TPSA) is 51.2 Å². The van der Waals surface area contributed by atoms with Crippen molar-refractivity contribution in [3.8, 4) is 0 Å². The van der Waals surface area contributed by atoms with Gasteiger partial charge in [0.05, 0.1) is 0 Å². The fraction of sp³-hybridized carbons (Fsp3) is 0.750. The van der Waals surface area contributed by atoms with Gasteiger partial charge in [0, 0.05) is 24.7 Å². The third-order valence-corrected chi connectivity index (χ3v) is 7.45. The summed E-state index contributed by atoms with van der Waals surface area (Å²) in [5, 5.41) is 0. The fourth-order valence-electron chi connectivity index (χ4n) is 6.53. The van der Waals surface area contributed by atoms with Crippen LogP contribution in [0.5, 0.6) is 0 Å². The number of hydrogen-bond donors (Lipinski definition) is 0. The second-order valence-electron chi connectivity index (χ2n) is 8.17. The van der Waals surface area contributed by atoms with Gasteiger partial charge in [0.2, 0.25) is 0 Å². The van der Waals surface area contributed by atoms with E-state index in [4.69, 9.17) is 0 Å². The molecular weight excluding hydrogens is 288 g/mol. The normalized spacial score (nSPS) is 42.5. The first kappa shape index (κ1) is 15.3. The molecule has 0 aromatic rings. The molecule has 0 aliphatic heterocycles. The van der Waals surface area contributed by atoms with E-state index in [1.807, 2.05) is 6.08 Å². The molecule has 3 fully saturated rings. The van der Waals surface area contributed by atoms with Crippen molar-refractivity contribution in [1.82, 2.24) is 0 Å². The van der Waals surface area contributed by atoms with E-state index >= 15 is 0 Å². The smallest absolute Gasteiger partial charge is 0.155 e. The van der Waals surface area contributed by atoms with Gasteiger partial charge in [-0.05, 0) is 74.7 Å². The molecular formula is C20H26O3. The van der Waals surface area contributed by atoms with Crippen LogP contribution in [0.15, 0.2) is 11.6 Å². The lowest BCUT2D eigenvalue weighted by atomic mass is 9.51. The molecule has 3 saturated carbocycles. The van der Waals surface area contributed by atoms with Gasteiger partial charge >= 0.3 is 0 Å². The average molecular weight is 314 g/mol. The summed E-state index contributed by atoms with van der Waals surface area (Å²) in [6.07, 6.45) is 12.0. The zero-order valence-corrected chi connectivity index (χ0v) is 13.8.